The van der Waals surface area contributed by atoms with Gasteiger partial charge in [0.2, 0.25) is 0 Å². The molecule has 4 heteroatoms. The van der Waals surface area contributed by atoms with Gasteiger partial charge in [0.25, 0.3) is 0 Å². The smallest absolute Gasteiger partial charge is 0.423 e. The van der Waals surface area contributed by atoms with Crippen molar-refractivity contribution in [3.63, 3.8) is 0 Å². The zero-order valence-corrected chi connectivity index (χ0v) is 8.16. The lowest BCUT2D eigenvalue weighted by Gasteiger charge is -2.01. The number of aryl methyl sites for hydroxylation is 1. The van der Waals surface area contributed by atoms with Crippen molar-refractivity contribution in [2.24, 2.45) is 0 Å². The molecule has 0 spiro atoms. The second kappa shape index (κ2) is 4.65. The quantitative estimate of drug-likeness (QED) is 0.578. The van der Waals surface area contributed by atoms with Crippen molar-refractivity contribution < 1.29 is 10.0 Å². The van der Waals surface area contributed by atoms with E-state index in [9.17, 15) is 0 Å². The van der Waals surface area contributed by atoms with Crippen molar-refractivity contribution in [1.82, 2.24) is 0 Å². The van der Waals surface area contributed by atoms with Crippen LogP contribution >= 0.6 is 15.9 Å². The molecule has 0 unspecified atom stereocenters. The molecule has 0 fully saturated rings. The minimum absolute atomic E-state index is 0.549. The van der Waals surface area contributed by atoms with Gasteiger partial charge in [-0.3, -0.25) is 0 Å². The highest BCUT2D eigenvalue weighted by Gasteiger charge is 2.09. The van der Waals surface area contributed by atoms with E-state index in [1.807, 2.05) is 12.1 Å². The minimum Gasteiger partial charge on any atom is -0.423 e. The molecular weight excluding hydrogens is 219 g/mol. The van der Waals surface area contributed by atoms with Gasteiger partial charge in [0.1, 0.15) is 0 Å². The fourth-order valence-electron chi connectivity index (χ4n) is 1.02. The SMILES string of the molecule is OB(O)c1cccc(CCBr)c1. The summed E-state index contributed by atoms with van der Waals surface area (Å²) >= 11 is 3.32. The standard InChI is InChI=1S/C8H10BBrO2/c10-5-4-7-2-1-3-8(6-7)9(11)12/h1-3,6,11-12H,4-5H2. The second-order valence-electron chi connectivity index (χ2n) is 2.56. The molecule has 0 aromatic heterocycles. The molecule has 64 valence electrons. The molecule has 0 aliphatic rings. The maximum atomic E-state index is 8.86. The molecule has 0 atom stereocenters. The van der Waals surface area contributed by atoms with E-state index >= 15 is 0 Å². The van der Waals surface area contributed by atoms with Crippen LogP contribution in [0.4, 0.5) is 0 Å². The van der Waals surface area contributed by atoms with Crippen LogP contribution in [-0.4, -0.2) is 22.5 Å². The molecule has 2 nitrogen and oxygen atoms in total. The van der Waals surface area contributed by atoms with E-state index in [-0.39, 0.29) is 0 Å². The molecule has 12 heavy (non-hydrogen) atoms. The van der Waals surface area contributed by atoms with E-state index in [1.54, 1.807) is 12.1 Å². The summed E-state index contributed by atoms with van der Waals surface area (Å²) in [6.45, 7) is 0. The van der Waals surface area contributed by atoms with Crippen molar-refractivity contribution in [3.05, 3.63) is 29.8 Å². The van der Waals surface area contributed by atoms with Crippen molar-refractivity contribution in [2.45, 2.75) is 6.42 Å². The summed E-state index contributed by atoms with van der Waals surface area (Å²) < 4.78 is 0. The third kappa shape index (κ3) is 2.62. The lowest BCUT2D eigenvalue weighted by molar-refractivity contribution is 0.425. The highest BCUT2D eigenvalue weighted by molar-refractivity contribution is 9.09. The molecule has 0 aliphatic heterocycles. The molecule has 0 radical (unpaired) electrons. The Bertz CT molecular complexity index is 253. The van der Waals surface area contributed by atoms with Crippen LogP contribution in [0.5, 0.6) is 0 Å². The number of hydrogen-bond donors (Lipinski definition) is 2. The summed E-state index contributed by atoms with van der Waals surface area (Å²) in [7, 11) is -1.36. The Morgan fingerprint density at radius 2 is 2.08 bits per heavy atom. The van der Waals surface area contributed by atoms with E-state index in [1.165, 1.54) is 0 Å². The maximum absolute atomic E-state index is 8.86. The average Bonchev–Trinajstić information content (AvgIpc) is 2.05. The van der Waals surface area contributed by atoms with Gasteiger partial charge in [-0.1, -0.05) is 40.2 Å². The molecule has 0 saturated heterocycles. The van der Waals surface area contributed by atoms with Crippen LogP contribution in [-0.2, 0) is 6.42 Å². The Labute approximate surface area is 80.5 Å². The average molecular weight is 229 g/mol. The number of hydrogen-bond acceptors (Lipinski definition) is 2. The number of halogens is 1. The first kappa shape index (κ1) is 9.77. The van der Waals surface area contributed by atoms with Crippen LogP contribution < -0.4 is 5.46 Å². The van der Waals surface area contributed by atoms with Gasteiger partial charge in [-0.15, -0.1) is 0 Å². The number of rotatable bonds is 3. The van der Waals surface area contributed by atoms with Crippen molar-refractivity contribution in [3.8, 4) is 0 Å². The minimum atomic E-state index is -1.36. The van der Waals surface area contributed by atoms with Gasteiger partial charge in [-0.2, -0.15) is 0 Å². The molecular formula is C8H10BBrO2. The highest BCUT2D eigenvalue weighted by Crippen LogP contribution is 2.00. The zero-order valence-electron chi connectivity index (χ0n) is 6.57. The van der Waals surface area contributed by atoms with Gasteiger partial charge in [0.05, 0.1) is 0 Å². The molecule has 0 bridgehead atoms. The molecule has 0 saturated carbocycles. The van der Waals surface area contributed by atoms with Gasteiger partial charge < -0.3 is 10.0 Å². The van der Waals surface area contributed by atoms with Crippen LogP contribution in [0.25, 0.3) is 0 Å². The predicted octanol–water partition coefficient (Wildman–Crippen LogP) is 0.304. The number of alkyl halides is 1. The van der Waals surface area contributed by atoms with Gasteiger partial charge in [0, 0.05) is 5.33 Å². The second-order valence-corrected chi connectivity index (χ2v) is 3.35. The predicted molar refractivity (Wildman–Crippen MR) is 53.8 cm³/mol. The third-order valence-electron chi connectivity index (χ3n) is 1.63. The molecule has 1 rings (SSSR count). The topological polar surface area (TPSA) is 40.5 Å². The van der Waals surface area contributed by atoms with Crippen molar-refractivity contribution >= 4 is 28.5 Å². The van der Waals surface area contributed by atoms with Gasteiger partial charge >= 0.3 is 7.12 Å². The molecule has 1 aromatic rings. The molecule has 1 aromatic carbocycles. The van der Waals surface area contributed by atoms with Crippen LogP contribution in [0.1, 0.15) is 5.56 Å². The van der Waals surface area contributed by atoms with E-state index in [4.69, 9.17) is 10.0 Å². The summed E-state index contributed by atoms with van der Waals surface area (Å²) in [6.07, 6.45) is 0.903. The molecule has 0 amide bonds. The first-order valence-electron chi connectivity index (χ1n) is 3.75. The Hall–Kier alpha value is -0.315. The normalized spacial score (nSPS) is 9.92. The Morgan fingerprint density at radius 3 is 2.67 bits per heavy atom. The Balaban J connectivity index is 2.81. The summed E-state index contributed by atoms with van der Waals surface area (Å²) in [6, 6.07) is 7.29. The van der Waals surface area contributed by atoms with Gasteiger partial charge in [-0.05, 0) is 17.4 Å². The maximum Gasteiger partial charge on any atom is 0.488 e. The molecule has 2 N–H and O–H groups in total. The Kier molecular flexibility index (Phi) is 3.78. The first-order valence-corrected chi connectivity index (χ1v) is 4.87. The summed E-state index contributed by atoms with van der Waals surface area (Å²) in [5.41, 5.74) is 1.66. The highest BCUT2D eigenvalue weighted by atomic mass is 79.9. The molecule has 0 aliphatic carbocycles. The van der Waals surface area contributed by atoms with Crippen LogP contribution in [0.15, 0.2) is 24.3 Å². The Morgan fingerprint density at radius 1 is 1.33 bits per heavy atom. The van der Waals surface area contributed by atoms with E-state index in [2.05, 4.69) is 15.9 Å². The summed E-state index contributed by atoms with van der Waals surface area (Å²) in [4.78, 5) is 0. The zero-order chi connectivity index (χ0) is 8.97. The lowest BCUT2D eigenvalue weighted by Crippen LogP contribution is -2.29. The van der Waals surface area contributed by atoms with E-state index in [0.29, 0.717) is 5.46 Å². The van der Waals surface area contributed by atoms with Crippen LogP contribution in [0, 0.1) is 0 Å². The van der Waals surface area contributed by atoms with E-state index < -0.39 is 7.12 Å². The van der Waals surface area contributed by atoms with E-state index in [0.717, 1.165) is 17.3 Å². The summed E-state index contributed by atoms with van der Waals surface area (Å²) in [5, 5.41) is 18.6. The monoisotopic (exact) mass is 228 g/mol. The first-order chi connectivity index (χ1) is 5.74. The fraction of sp³-hybridized carbons (Fsp3) is 0.250. The molecule has 0 heterocycles. The van der Waals surface area contributed by atoms with Crippen molar-refractivity contribution in [2.75, 3.05) is 5.33 Å². The van der Waals surface area contributed by atoms with Crippen LogP contribution in [0.2, 0.25) is 0 Å². The largest absolute Gasteiger partial charge is 0.488 e. The number of benzene rings is 1. The van der Waals surface area contributed by atoms with Gasteiger partial charge in [0.15, 0.2) is 0 Å². The third-order valence-corrected chi connectivity index (χ3v) is 2.03. The van der Waals surface area contributed by atoms with Crippen molar-refractivity contribution in [1.29, 1.82) is 0 Å². The van der Waals surface area contributed by atoms with Gasteiger partial charge in [-0.25, -0.2) is 0 Å². The fourth-order valence-corrected chi connectivity index (χ4v) is 1.48. The van der Waals surface area contributed by atoms with Crippen LogP contribution in [0.3, 0.4) is 0 Å². The summed E-state index contributed by atoms with van der Waals surface area (Å²) in [5.74, 6) is 0. The lowest BCUT2D eigenvalue weighted by atomic mass is 9.79.